The molecule has 0 amide bonds. The van der Waals surface area contributed by atoms with Crippen LogP contribution in [0.3, 0.4) is 0 Å². The van der Waals surface area contributed by atoms with Gasteiger partial charge in [-0.05, 0) is 44.0 Å². The van der Waals surface area contributed by atoms with Gasteiger partial charge in [-0.15, -0.1) is 0 Å². The summed E-state index contributed by atoms with van der Waals surface area (Å²) in [6, 6.07) is 3.36. The maximum Gasteiger partial charge on any atom is 0.200 e. The SMILES string of the molecule is CC.Cc1cc(Cl)cc(O)c1-c1nc2nc(N3CCC4(CCNC4)C3)cnc2n1C. The van der Waals surface area contributed by atoms with E-state index in [1.54, 1.807) is 0 Å². The van der Waals surface area contributed by atoms with E-state index in [1.165, 1.54) is 18.9 Å². The summed E-state index contributed by atoms with van der Waals surface area (Å²) >= 11 is 6.05. The van der Waals surface area contributed by atoms with Crippen LogP contribution < -0.4 is 10.2 Å². The number of aryl methyl sites for hydroxylation is 2. The molecule has 2 aliphatic heterocycles. The van der Waals surface area contributed by atoms with Crippen molar-refractivity contribution in [3.63, 3.8) is 0 Å². The lowest BCUT2D eigenvalue weighted by Crippen LogP contribution is -2.29. The van der Waals surface area contributed by atoms with E-state index >= 15 is 0 Å². The monoisotopic (exact) mass is 428 g/mol. The van der Waals surface area contributed by atoms with E-state index in [0.29, 0.717) is 33.1 Å². The molecule has 0 radical (unpaired) electrons. The van der Waals surface area contributed by atoms with Crippen molar-refractivity contribution < 1.29 is 5.11 Å². The largest absolute Gasteiger partial charge is 0.507 e. The summed E-state index contributed by atoms with van der Waals surface area (Å²) in [5.74, 6) is 1.62. The van der Waals surface area contributed by atoms with Crippen LogP contribution in [0.4, 0.5) is 5.82 Å². The number of fused-ring (bicyclic) bond motifs is 1. The van der Waals surface area contributed by atoms with Gasteiger partial charge in [0.15, 0.2) is 11.3 Å². The number of hydrogen-bond acceptors (Lipinski definition) is 6. The van der Waals surface area contributed by atoms with Gasteiger partial charge in [-0.3, -0.25) is 0 Å². The highest BCUT2D eigenvalue weighted by molar-refractivity contribution is 6.31. The molecule has 2 aliphatic rings. The van der Waals surface area contributed by atoms with Gasteiger partial charge in [0.05, 0.1) is 11.8 Å². The molecular formula is C22H29ClN6O. The molecule has 3 aromatic rings. The Kier molecular flexibility index (Phi) is 5.59. The average Bonchev–Trinajstić information content (AvgIpc) is 3.44. The predicted molar refractivity (Wildman–Crippen MR) is 121 cm³/mol. The molecular weight excluding hydrogens is 400 g/mol. The number of nitrogens with one attached hydrogen (secondary N) is 1. The molecule has 30 heavy (non-hydrogen) atoms. The number of benzene rings is 1. The second-order valence-corrected chi connectivity index (χ2v) is 8.52. The molecule has 2 N–H and O–H groups in total. The Bertz CT molecular complexity index is 1050. The standard InChI is InChI=1S/C20H23ClN6O.C2H6/c1-12-7-13(21)8-14(28)16(12)18-25-17-19(26(18)2)23-9-15(24-17)27-6-4-20(11-27)3-5-22-10-20;1-2/h7-9,22,28H,3-6,10-11H2,1-2H3;1-2H3. The third kappa shape index (κ3) is 3.50. The van der Waals surface area contributed by atoms with Gasteiger partial charge in [0.1, 0.15) is 17.4 Å². The number of phenolic OH excluding ortho intramolecular Hbond substituents is 1. The van der Waals surface area contributed by atoms with Gasteiger partial charge in [-0.2, -0.15) is 0 Å². The minimum absolute atomic E-state index is 0.110. The first-order chi connectivity index (χ1) is 14.5. The van der Waals surface area contributed by atoms with Crippen LogP contribution in [0.15, 0.2) is 18.3 Å². The summed E-state index contributed by atoms with van der Waals surface area (Å²) < 4.78 is 1.87. The highest BCUT2D eigenvalue weighted by Gasteiger charge is 2.40. The van der Waals surface area contributed by atoms with Crippen LogP contribution in [-0.2, 0) is 7.05 Å². The zero-order valence-corrected chi connectivity index (χ0v) is 18.8. The first-order valence-corrected chi connectivity index (χ1v) is 11.0. The Morgan fingerprint density at radius 2 is 2.00 bits per heavy atom. The molecule has 2 saturated heterocycles. The van der Waals surface area contributed by atoms with E-state index in [0.717, 1.165) is 37.6 Å². The number of aromatic hydroxyl groups is 1. The number of phenols is 1. The Morgan fingerprint density at radius 3 is 2.70 bits per heavy atom. The van der Waals surface area contributed by atoms with Gasteiger partial charge in [0.2, 0.25) is 0 Å². The molecule has 1 atom stereocenters. The molecule has 2 fully saturated rings. The van der Waals surface area contributed by atoms with E-state index in [-0.39, 0.29) is 5.75 Å². The van der Waals surface area contributed by atoms with Crippen LogP contribution in [0.2, 0.25) is 5.02 Å². The number of halogens is 1. The molecule has 1 unspecified atom stereocenters. The smallest absolute Gasteiger partial charge is 0.200 e. The van der Waals surface area contributed by atoms with Crippen LogP contribution in [0.25, 0.3) is 22.7 Å². The summed E-state index contributed by atoms with van der Waals surface area (Å²) in [5, 5.41) is 14.4. The highest BCUT2D eigenvalue weighted by atomic mass is 35.5. The molecule has 1 spiro atoms. The van der Waals surface area contributed by atoms with Gasteiger partial charge < -0.3 is 19.9 Å². The molecule has 0 bridgehead atoms. The zero-order chi connectivity index (χ0) is 21.5. The Labute approximate surface area is 182 Å². The van der Waals surface area contributed by atoms with Crippen LogP contribution >= 0.6 is 11.6 Å². The molecule has 160 valence electrons. The van der Waals surface area contributed by atoms with Crippen molar-refractivity contribution in [1.29, 1.82) is 0 Å². The lowest BCUT2D eigenvalue weighted by Gasteiger charge is -2.23. The van der Waals surface area contributed by atoms with E-state index < -0.39 is 0 Å². The van der Waals surface area contributed by atoms with Gasteiger partial charge in [-0.25, -0.2) is 15.0 Å². The molecule has 7 nitrogen and oxygen atoms in total. The number of anilines is 1. The molecule has 4 heterocycles. The minimum Gasteiger partial charge on any atom is -0.507 e. The average molecular weight is 429 g/mol. The number of aromatic nitrogens is 4. The first-order valence-electron chi connectivity index (χ1n) is 10.6. The van der Waals surface area contributed by atoms with E-state index in [4.69, 9.17) is 21.6 Å². The summed E-state index contributed by atoms with van der Waals surface area (Å²) in [7, 11) is 1.89. The summed E-state index contributed by atoms with van der Waals surface area (Å²) in [6.45, 7) is 10.1. The second-order valence-electron chi connectivity index (χ2n) is 8.08. The number of hydrogen-bond donors (Lipinski definition) is 2. The van der Waals surface area contributed by atoms with Crippen molar-refractivity contribution in [2.45, 2.75) is 33.6 Å². The Hall–Kier alpha value is -2.38. The molecule has 5 rings (SSSR count). The fourth-order valence-electron chi connectivity index (χ4n) is 4.62. The Balaban J connectivity index is 0.00000106. The number of rotatable bonds is 2. The quantitative estimate of drug-likeness (QED) is 0.644. The van der Waals surface area contributed by atoms with E-state index in [1.807, 2.05) is 44.6 Å². The van der Waals surface area contributed by atoms with Crippen LogP contribution in [0.1, 0.15) is 32.3 Å². The fourth-order valence-corrected chi connectivity index (χ4v) is 4.89. The van der Waals surface area contributed by atoms with Gasteiger partial charge in [0.25, 0.3) is 0 Å². The van der Waals surface area contributed by atoms with Gasteiger partial charge in [-0.1, -0.05) is 25.4 Å². The maximum atomic E-state index is 10.4. The van der Waals surface area contributed by atoms with E-state index in [2.05, 4.69) is 15.2 Å². The van der Waals surface area contributed by atoms with Crippen LogP contribution in [0, 0.1) is 12.3 Å². The maximum absolute atomic E-state index is 10.4. The fraction of sp³-hybridized carbons (Fsp3) is 0.500. The van der Waals surface area contributed by atoms with Gasteiger partial charge in [0, 0.05) is 37.1 Å². The van der Waals surface area contributed by atoms with Crippen molar-refractivity contribution in [2.75, 3.05) is 31.1 Å². The number of imidazole rings is 1. The minimum atomic E-state index is 0.110. The van der Waals surface area contributed by atoms with Crippen molar-refractivity contribution in [2.24, 2.45) is 12.5 Å². The van der Waals surface area contributed by atoms with Crippen molar-refractivity contribution in [3.05, 3.63) is 28.9 Å². The molecule has 0 saturated carbocycles. The molecule has 0 aliphatic carbocycles. The molecule has 1 aromatic carbocycles. The molecule has 8 heteroatoms. The van der Waals surface area contributed by atoms with Crippen molar-refractivity contribution in [1.82, 2.24) is 24.8 Å². The molecule has 2 aromatic heterocycles. The number of nitrogens with zero attached hydrogens (tertiary/aromatic N) is 5. The highest BCUT2D eigenvalue weighted by Crippen LogP contribution is 2.38. The predicted octanol–water partition coefficient (Wildman–Crippen LogP) is 3.91. The summed E-state index contributed by atoms with van der Waals surface area (Å²) in [4.78, 5) is 16.5. The third-order valence-electron chi connectivity index (χ3n) is 6.17. The van der Waals surface area contributed by atoms with Crippen LogP contribution in [0.5, 0.6) is 5.75 Å². The second kappa shape index (κ2) is 8.04. The third-order valence-corrected chi connectivity index (χ3v) is 6.39. The topological polar surface area (TPSA) is 79.1 Å². The van der Waals surface area contributed by atoms with Gasteiger partial charge >= 0.3 is 0 Å². The van der Waals surface area contributed by atoms with Crippen LogP contribution in [-0.4, -0.2) is 50.8 Å². The Morgan fingerprint density at radius 1 is 1.20 bits per heavy atom. The van der Waals surface area contributed by atoms with E-state index in [9.17, 15) is 5.11 Å². The zero-order valence-electron chi connectivity index (χ0n) is 18.0. The summed E-state index contributed by atoms with van der Waals surface area (Å²) in [5.41, 5.74) is 3.18. The normalized spacial score (nSPS) is 20.8. The lowest BCUT2D eigenvalue weighted by molar-refractivity contribution is 0.369. The van der Waals surface area contributed by atoms with Crippen molar-refractivity contribution >= 4 is 28.7 Å². The lowest BCUT2D eigenvalue weighted by atomic mass is 9.87. The van der Waals surface area contributed by atoms with Crippen molar-refractivity contribution in [3.8, 4) is 17.1 Å². The summed E-state index contributed by atoms with van der Waals surface area (Å²) in [6.07, 6.45) is 4.25. The first kappa shape index (κ1) is 20.9.